The van der Waals surface area contributed by atoms with Gasteiger partial charge in [0.05, 0.1) is 11.5 Å². The first kappa shape index (κ1) is 12.2. The van der Waals surface area contributed by atoms with Crippen molar-refractivity contribution in [2.24, 2.45) is 5.73 Å². The van der Waals surface area contributed by atoms with Crippen LogP contribution in [-0.4, -0.2) is 32.4 Å². The van der Waals surface area contributed by atoms with Crippen molar-refractivity contribution >= 4 is 9.84 Å². The van der Waals surface area contributed by atoms with E-state index in [-0.39, 0.29) is 12.6 Å². The molecule has 0 saturated carbocycles. The molecular formula is C10H15NO3S. The van der Waals surface area contributed by atoms with E-state index in [4.69, 9.17) is 10.8 Å². The lowest BCUT2D eigenvalue weighted by Crippen LogP contribution is -2.26. The Morgan fingerprint density at radius 1 is 1.33 bits per heavy atom. The Kier molecular flexibility index (Phi) is 3.84. The third-order valence-electron chi connectivity index (χ3n) is 2.08. The zero-order valence-electron chi connectivity index (χ0n) is 8.55. The van der Waals surface area contributed by atoms with Gasteiger partial charge in [-0.05, 0) is 24.1 Å². The molecule has 0 radical (unpaired) electrons. The molecule has 0 amide bonds. The van der Waals surface area contributed by atoms with Crippen molar-refractivity contribution in [1.29, 1.82) is 0 Å². The van der Waals surface area contributed by atoms with E-state index >= 15 is 0 Å². The van der Waals surface area contributed by atoms with E-state index in [1.807, 2.05) is 0 Å². The van der Waals surface area contributed by atoms with Crippen LogP contribution in [0.15, 0.2) is 29.2 Å². The summed E-state index contributed by atoms with van der Waals surface area (Å²) in [4.78, 5) is 0.295. The van der Waals surface area contributed by atoms with Gasteiger partial charge in [0, 0.05) is 12.3 Å². The van der Waals surface area contributed by atoms with Gasteiger partial charge in [0.1, 0.15) is 0 Å². The van der Waals surface area contributed by atoms with Gasteiger partial charge >= 0.3 is 0 Å². The molecule has 1 rings (SSSR count). The first-order valence-electron chi connectivity index (χ1n) is 4.59. The molecule has 3 N–H and O–H groups in total. The predicted octanol–water partition coefficient (Wildman–Crippen LogP) is -0.0478. The third-order valence-corrected chi connectivity index (χ3v) is 3.21. The van der Waals surface area contributed by atoms with Gasteiger partial charge in [-0.3, -0.25) is 0 Å². The van der Waals surface area contributed by atoms with Crippen molar-refractivity contribution in [3.63, 3.8) is 0 Å². The predicted molar refractivity (Wildman–Crippen MR) is 58.3 cm³/mol. The number of benzene rings is 1. The van der Waals surface area contributed by atoms with E-state index < -0.39 is 9.84 Å². The van der Waals surface area contributed by atoms with Gasteiger partial charge in [-0.25, -0.2) is 8.42 Å². The van der Waals surface area contributed by atoms with Crippen molar-refractivity contribution in [2.45, 2.75) is 17.4 Å². The fourth-order valence-electron chi connectivity index (χ4n) is 1.24. The summed E-state index contributed by atoms with van der Waals surface area (Å²) in [7, 11) is -3.13. The summed E-state index contributed by atoms with van der Waals surface area (Å²) in [5.74, 6) is 0. The molecule has 0 fully saturated rings. The van der Waals surface area contributed by atoms with Crippen LogP contribution in [0, 0.1) is 0 Å². The summed E-state index contributed by atoms with van der Waals surface area (Å²) in [6, 6.07) is 6.23. The Balaban J connectivity index is 2.82. The summed E-state index contributed by atoms with van der Waals surface area (Å²) in [6.07, 6.45) is 1.71. The quantitative estimate of drug-likeness (QED) is 0.758. The maximum absolute atomic E-state index is 11.2. The van der Waals surface area contributed by atoms with Crippen molar-refractivity contribution < 1.29 is 13.5 Å². The number of aliphatic hydroxyl groups excluding tert-OH is 1. The number of hydrogen-bond donors (Lipinski definition) is 2. The van der Waals surface area contributed by atoms with Gasteiger partial charge in [0.2, 0.25) is 0 Å². The third kappa shape index (κ3) is 3.62. The van der Waals surface area contributed by atoms with E-state index in [0.29, 0.717) is 11.3 Å². The molecule has 0 aliphatic heterocycles. The summed E-state index contributed by atoms with van der Waals surface area (Å²) < 4.78 is 22.3. The molecule has 0 aromatic heterocycles. The molecule has 1 aromatic rings. The van der Waals surface area contributed by atoms with E-state index in [9.17, 15) is 8.42 Å². The minimum atomic E-state index is -3.13. The molecule has 5 heteroatoms. The Hall–Kier alpha value is -0.910. The fraction of sp³-hybridized carbons (Fsp3) is 0.400. The maximum atomic E-state index is 11.2. The Morgan fingerprint density at radius 2 is 1.87 bits per heavy atom. The minimum absolute atomic E-state index is 0.0756. The Bertz CT molecular complexity index is 411. The lowest BCUT2D eigenvalue weighted by Gasteiger charge is -2.08. The lowest BCUT2D eigenvalue weighted by molar-refractivity contribution is 0.265. The molecule has 1 atom stereocenters. The van der Waals surface area contributed by atoms with Crippen molar-refractivity contribution in [2.75, 3.05) is 12.9 Å². The second kappa shape index (κ2) is 4.74. The van der Waals surface area contributed by atoms with Crippen LogP contribution in [0.25, 0.3) is 0 Å². The summed E-state index contributed by atoms with van der Waals surface area (Å²) >= 11 is 0. The molecule has 0 bridgehead atoms. The highest BCUT2D eigenvalue weighted by molar-refractivity contribution is 7.90. The topological polar surface area (TPSA) is 80.4 Å². The molecular weight excluding hydrogens is 214 g/mol. The van der Waals surface area contributed by atoms with Gasteiger partial charge in [-0.2, -0.15) is 0 Å². The Labute approximate surface area is 89.7 Å². The highest BCUT2D eigenvalue weighted by Gasteiger charge is 2.07. The second-order valence-corrected chi connectivity index (χ2v) is 5.58. The van der Waals surface area contributed by atoms with E-state index in [0.717, 1.165) is 5.56 Å². The zero-order valence-corrected chi connectivity index (χ0v) is 9.37. The van der Waals surface area contributed by atoms with Crippen molar-refractivity contribution in [3.8, 4) is 0 Å². The van der Waals surface area contributed by atoms with Crippen LogP contribution in [0.3, 0.4) is 0 Å². The van der Waals surface area contributed by atoms with Crippen LogP contribution in [0.5, 0.6) is 0 Å². The van der Waals surface area contributed by atoms with Gasteiger partial charge in [0.25, 0.3) is 0 Å². The fourth-order valence-corrected chi connectivity index (χ4v) is 1.87. The number of sulfone groups is 1. The average molecular weight is 229 g/mol. The van der Waals surface area contributed by atoms with Crippen LogP contribution in [0.1, 0.15) is 5.56 Å². The smallest absolute Gasteiger partial charge is 0.175 e. The molecule has 0 unspecified atom stereocenters. The van der Waals surface area contributed by atoms with Crippen molar-refractivity contribution in [3.05, 3.63) is 29.8 Å². The van der Waals surface area contributed by atoms with Crippen LogP contribution >= 0.6 is 0 Å². The molecule has 0 spiro atoms. The first-order valence-corrected chi connectivity index (χ1v) is 6.48. The lowest BCUT2D eigenvalue weighted by atomic mass is 10.1. The largest absolute Gasteiger partial charge is 0.395 e. The highest BCUT2D eigenvalue weighted by atomic mass is 32.2. The second-order valence-electron chi connectivity index (χ2n) is 3.56. The monoisotopic (exact) mass is 229 g/mol. The SMILES string of the molecule is CS(=O)(=O)c1ccc(C[C@@H](N)CO)cc1. The van der Waals surface area contributed by atoms with Gasteiger partial charge in [0.15, 0.2) is 9.84 Å². The Morgan fingerprint density at radius 3 is 2.27 bits per heavy atom. The summed E-state index contributed by atoms with van der Waals surface area (Å²) in [6.45, 7) is -0.0756. The molecule has 1 aromatic carbocycles. The van der Waals surface area contributed by atoms with Crippen molar-refractivity contribution in [1.82, 2.24) is 0 Å². The van der Waals surface area contributed by atoms with Gasteiger partial charge in [-0.15, -0.1) is 0 Å². The molecule has 0 aliphatic carbocycles. The summed E-state index contributed by atoms with van der Waals surface area (Å²) in [5, 5.41) is 8.76. The normalized spacial score (nSPS) is 13.8. The van der Waals surface area contributed by atoms with Gasteiger partial charge in [-0.1, -0.05) is 12.1 Å². The average Bonchev–Trinajstić information content (AvgIpc) is 2.17. The molecule has 15 heavy (non-hydrogen) atoms. The minimum Gasteiger partial charge on any atom is -0.395 e. The number of rotatable bonds is 4. The van der Waals surface area contributed by atoms with E-state index in [1.54, 1.807) is 24.3 Å². The van der Waals surface area contributed by atoms with Crippen LogP contribution < -0.4 is 5.73 Å². The highest BCUT2D eigenvalue weighted by Crippen LogP contribution is 2.11. The molecule has 0 heterocycles. The number of aliphatic hydroxyl groups is 1. The van der Waals surface area contributed by atoms with Crippen LogP contribution in [-0.2, 0) is 16.3 Å². The number of hydrogen-bond acceptors (Lipinski definition) is 4. The zero-order chi connectivity index (χ0) is 11.5. The first-order chi connectivity index (χ1) is 6.93. The standard InChI is InChI=1S/C10H15NO3S/c1-15(13,14)10-4-2-8(3-5-10)6-9(11)7-12/h2-5,9,12H,6-7,11H2,1H3/t9-/m1/s1. The molecule has 4 nitrogen and oxygen atoms in total. The molecule has 84 valence electrons. The number of nitrogens with two attached hydrogens (primary N) is 1. The van der Waals surface area contributed by atoms with Gasteiger partial charge < -0.3 is 10.8 Å². The van der Waals surface area contributed by atoms with E-state index in [2.05, 4.69) is 0 Å². The summed E-state index contributed by atoms with van der Waals surface area (Å²) in [5.41, 5.74) is 6.48. The van der Waals surface area contributed by atoms with Crippen LogP contribution in [0.2, 0.25) is 0 Å². The van der Waals surface area contributed by atoms with Crippen LogP contribution in [0.4, 0.5) is 0 Å². The molecule has 0 aliphatic rings. The maximum Gasteiger partial charge on any atom is 0.175 e. The molecule has 0 saturated heterocycles. The van der Waals surface area contributed by atoms with E-state index in [1.165, 1.54) is 6.26 Å².